The Labute approximate surface area is 141 Å². The molecule has 0 unspecified atom stereocenters. The van der Waals surface area contributed by atoms with Gasteiger partial charge in [-0.05, 0) is 40.2 Å². The first kappa shape index (κ1) is 15.5. The van der Waals surface area contributed by atoms with Gasteiger partial charge in [-0.3, -0.25) is 4.31 Å². The summed E-state index contributed by atoms with van der Waals surface area (Å²) >= 11 is 3.33. The Balaban J connectivity index is 2.04. The first-order chi connectivity index (χ1) is 10.9. The van der Waals surface area contributed by atoms with Crippen LogP contribution in [0.15, 0.2) is 52.2 Å². The highest BCUT2D eigenvalue weighted by Crippen LogP contribution is 2.24. The van der Waals surface area contributed by atoms with Gasteiger partial charge in [0.05, 0.1) is 26.6 Å². The second kappa shape index (κ2) is 5.64. The zero-order valence-electron chi connectivity index (χ0n) is 11.9. The van der Waals surface area contributed by atoms with Crippen molar-refractivity contribution in [1.82, 2.24) is 14.6 Å². The third kappa shape index (κ3) is 2.67. The molecule has 0 spiro atoms. The summed E-state index contributed by atoms with van der Waals surface area (Å²) in [6, 6.07) is 7.96. The Morgan fingerprint density at radius 1 is 1.30 bits per heavy atom. The van der Waals surface area contributed by atoms with Crippen LogP contribution in [-0.4, -0.2) is 30.1 Å². The number of fused-ring (bicyclic) bond motifs is 1. The van der Waals surface area contributed by atoms with Crippen LogP contribution in [-0.2, 0) is 10.0 Å². The molecular weight excluding hydrogens is 382 g/mol. The zero-order valence-corrected chi connectivity index (χ0v) is 14.3. The van der Waals surface area contributed by atoms with E-state index in [-0.39, 0.29) is 10.7 Å². The lowest BCUT2D eigenvalue weighted by Crippen LogP contribution is -2.27. The molecule has 0 amide bonds. The van der Waals surface area contributed by atoms with Gasteiger partial charge in [-0.1, -0.05) is 0 Å². The largest absolute Gasteiger partial charge is 0.265 e. The first-order valence-electron chi connectivity index (χ1n) is 6.41. The fourth-order valence-corrected chi connectivity index (χ4v) is 3.56. The number of rotatable bonds is 3. The van der Waals surface area contributed by atoms with Crippen molar-refractivity contribution in [2.45, 2.75) is 4.90 Å². The average Bonchev–Trinajstić information content (AvgIpc) is 2.95. The molecule has 0 bridgehead atoms. The number of pyridine rings is 2. The highest BCUT2D eigenvalue weighted by molar-refractivity contribution is 9.10. The van der Waals surface area contributed by atoms with E-state index < -0.39 is 10.0 Å². The van der Waals surface area contributed by atoms with Crippen molar-refractivity contribution in [2.24, 2.45) is 0 Å². The molecule has 7 nitrogen and oxygen atoms in total. The van der Waals surface area contributed by atoms with Gasteiger partial charge in [-0.15, -0.1) is 0 Å². The molecule has 116 valence electrons. The van der Waals surface area contributed by atoms with Gasteiger partial charge < -0.3 is 0 Å². The molecule has 3 aromatic rings. The summed E-state index contributed by atoms with van der Waals surface area (Å²) in [5.41, 5.74) is 1.01. The lowest BCUT2D eigenvalue weighted by Gasteiger charge is -2.18. The number of sulfonamides is 1. The van der Waals surface area contributed by atoms with Gasteiger partial charge in [-0.25, -0.2) is 17.9 Å². The Hall–Kier alpha value is -2.44. The highest BCUT2D eigenvalue weighted by atomic mass is 79.9. The van der Waals surface area contributed by atoms with E-state index in [0.717, 1.165) is 4.31 Å². The van der Waals surface area contributed by atoms with Crippen LogP contribution in [0.25, 0.3) is 5.52 Å². The van der Waals surface area contributed by atoms with Gasteiger partial charge in [0.2, 0.25) is 0 Å². The van der Waals surface area contributed by atoms with E-state index in [1.807, 2.05) is 6.07 Å². The van der Waals surface area contributed by atoms with Gasteiger partial charge >= 0.3 is 0 Å². The van der Waals surface area contributed by atoms with Crippen LogP contribution < -0.4 is 4.31 Å². The molecule has 3 heterocycles. The second-order valence-electron chi connectivity index (χ2n) is 4.67. The minimum Gasteiger partial charge on any atom is -0.253 e. The normalized spacial score (nSPS) is 11.3. The molecule has 0 fully saturated rings. The topological polar surface area (TPSA) is 91.4 Å². The quantitative estimate of drug-likeness (QED) is 0.682. The molecule has 0 aromatic carbocycles. The summed E-state index contributed by atoms with van der Waals surface area (Å²) in [6.07, 6.45) is 4.50. The van der Waals surface area contributed by atoms with E-state index in [1.165, 1.54) is 37.5 Å². The van der Waals surface area contributed by atoms with Crippen molar-refractivity contribution in [3.63, 3.8) is 0 Å². The molecule has 0 aliphatic carbocycles. The number of nitriles is 1. The maximum absolute atomic E-state index is 12.7. The Bertz CT molecular complexity index is 1020. The summed E-state index contributed by atoms with van der Waals surface area (Å²) in [6.45, 7) is 0. The van der Waals surface area contributed by atoms with Crippen LogP contribution in [0.3, 0.4) is 0 Å². The fraction of sp³-hybridized carbons (Fsp3) is 0.0714. The van der Waals surface area contributed by atoms with Crippen LogP contribution >= 0.6 is 15.9 Å². The predicted octanol–water partition coefficient (Wildman–Crippen LogP) is 2.19. The van der Waals surface area contributed by atoms with Crippen LogP contribution in [0, 0.1) is 11.3 Å². The summed E-state index contributed by atoms with van der Waals surface area (Å²) in [5.74, 6) is 0.233. The van der Waals surface area contributed by atoms with Crippen molar-refractivity contribution >= 4 is 37.3 Å². The molecule has 3 aromatic heterocycles. The number of hydrogen-bond acceptors (Lipinski definition) is 5. The van der Waals surface area contributed by atoms with Crippen LogP contribution in [0.1, 0.15) is 5.56 Å². The summed E-state index contributed by atoms with van der Waals surface area (Å²) in [5, 5.41) is 12.9. The lowest BCUT2D eigenvalue weighted by molar-refractivity contribution is 0.594. The molecule has 0 aliphatic heterocycles. The zero-order chi connectivity index (χ0) is 16.6. The van der Waals surface area contributed by atoms with Crippen molar-refractivity contribution in [1.29, 1.82) is 5.26 Å². The monoisotopic (exact) mass is 391 g/mol. The molecule has 0 N–H and O–H groups in total. The number of halogens is 1. The molecule has 0 saturated carbocycles. The molecule has 0 radical (unpaired) electrons. The standard InChI is InChI=1S/C14H10BrN5O2S/c1-19(14-3-2-10(7-16)8-17-14)23(21,22)11-4-5-20-13(6-11)12(15)9-18-20/h2-6,8-9H,1H3. The summed E-state index contributed by atoms with van der Waals surface area (Å²) in [7, 11) is -2.36. The summed E-state index contributed by atoms with van der Waals surface area (Å²) in [4.78, 5) is 4.13. The third-order valence-electron chi connectivity index (χ3n) is 3.30. The van der Waals surface area contributed by atoms with Crippen molar-refractivity contribution in [2.75, 3.05) is 11.4 Å². The summed E-state index contributed by atoms with van der Waals surface area (Å²) < 4.78 is 28.8. The Kier molecular flexibility index (Phi) is 3.79. The molecule has 0 aliphatic rings. The Morgan fingerprint density at radius 2 is 2.09 bits per heavy atom. The van der Waals surface area contributed by atoms with Crippen molar-refractivity contribution < 1.29 is 8.42 Å². The molecule has 9 heteroatoms. The average molecular weight is 392 g/mol. The first-order valence-corrected chi connectivity index (χ1v) is 8.65. The lowest BCUT2D eigenvalue weighted by atomic mass is 10.3. The smallest absolute Gasteiger partial charge is 0.253 e. The van der Waals surface area contributed by atoms with Gasteiger partial charge in [0.15, 0.2) is 0 Å². The van der Waals surface area contributed by atoms with E-state index in [1.54, 1.807) is 16.9 Å². The molecule has 0 atom stereocenters. The molecule has 23 heavy (non-hydrogen) atoms. The third-order valence-corrected chi connectivity index (χ3v) is 5.67. The van der Waals surface area contributed by atoms with E-state index in [0.29, 0.717) is 15.6 Å². The maximum Gasteiger partial charge on any atom is 0.265 e. The van der Waals surface area contributed by atoms with Crippen LogP contribution in [0.5, 0.6) is 0 Å². The van der Waals surface area contributed by atoms with Crippen LogP contribution in [0.4, 0.5) is 5.82 Å². The van der Waals surface area contributed by atoms with Crippen molar-refractivity contribution in [3.05, 3.63) is 52.9 Å². The van der Waals surface area contributed by atoms with Crippen molar-refractivity contribution in [3.8, 4) is 6.07 Å². The predicted molar refractivity (Wildman–Crippen MR) is 87.4 cm³/mol. The van der Waals surface area contributed by atoms with E-state index >= 15 is 0 Å². The molecule has 3 rings (SSSR count). The van der Waals surface area contributed by atoms with E-state index in [2.05, 4.69) is 26.0 Å². The van der Waals surface area contributed by atoms with Gasteiger partial charge in [-0.2, -0.15) is 10.4 Å². The van der Waals surface area contributed by atoms with E-state index in [4.69, 9.17) is 5.26 Å². The van der Waals surface area contributed by atoms with Gasteiger partial charge in [0.25, 0.3) is 10.0 Å². The maximum atomic E-state index is 12.7. The minimum atomic E-state index is -3.77. The van der Waals surface area contributed by atoms with Gasteiger partial charge in [0, 0.05) is 19.4 Å². The number of aromatic nitrogens is 3. The van der Waals surface area contributed by atoms with Crippen LogP contribution in [0.2, 0.25) is 0 Å². The fourth-order valence-electron chi connectivity index (χ4n) is 2.01. The SMILES string of the molecule is CN(c1ccc(C#N)cn1)S(=O)(=O)c1ccn2ncc(Br)c2c1. The number of anilines is 1. The van der Waals surface area contributed by atoms with E-state index in [9.17, 15) is 8.42 Å². The molecule has 0 saturated heterocycles. The minimum absolute atomic E-state index is 0.125. The highest BCUT2D eigenvalue weighted by Gasteiger charge is 2.23. The van der Waals surface area contributed by atoms with Gasteiger partial charge in [0.1, 0.15) is 11.9 Å². The number of hydrogen-bond donors (Lipinski definition) is 0. The Morgan fingerprint density at radius 3 is 2.74 bits per heavy atom. The number of nitrogens with zero attached hydrogens (tertiary/aromatic N) is 5. The molecular formula is C14H10BrN5O2S. The second-order valence-corrected chi connectivity index (χ2v) is 7.50.